The summed E-state index contributed by atoms with van der Waals surface area (Å²) in [4.78, 5) is 6.36. The molecule has 0 saturated carbocycles. The molecule has 0 unspecified atom stereocenters. The molecule has 9 heteroatoms. The smallest absolute Gasteiger partial charge is 0.231 e. The number of rotatable bonds is 10. The van der Waals surface area contributed by atoms with Crippen molar-refractivity contribution in [3.63, 3.8) is 0 Å². The van der Waals surface area contributed by atoms with E-state index < -0.39 is 0 Å². The summed E-state index contributed by atoms with van der Waals surface area (Å²) < 4.78 is 10.8. The van der Waals surface area contributed by atoms with Crippen molar-refractivity contribution in [3.05, 3.63) is 83.5 Å². The molecule has 0 radical (unpaired) electrons. The van der Waals surface area contributed by atoms with Crippen molar-refractivity contribution < 1.29 is 9.47 Å². The molecule has 1 aromatic carbocycles. The molecule has 9 nitrogen and oxygen atoms in total. The van der Waals surface area contributed by atoms with Gasteiger partial charge in [-0.3, -0.25) is 5.43 Å². The molecule has 1 aliphatic heterocycles. The molecule has 1 aromatic rings. The van der Waals surface area contributed by atoms with Gasteiger partial charge in [0.25, 0.3) is 0 Å². The minimum atomic E-state index is 0.280. The Morgan fingerprint density at radius 1 is 1.11 bits per heavy atom. The third-order valence-corrected chi connectivity index (χ3v) is 4.92. The summed E-state index contributed by atoms with van der Waals surface area (Å²) in [5, 5.41) is 7.59. The van der Waals surface area contributed by atoms with Gasteiger partial charge in [0, 0.05) is 38.4 Å². The van der Waals surface area contributed by atoms with Crippen molar-refractivity contribution in [1.82, 2.24) is 10.7 Å². The van der Waals surface area contributed by atoms with Crippen molar-refractivity contribution in [1.29, 1.82) is 0 Å². The molecular formula is C26H37N7O2. The molecule has 1 saturated heterocycles. The van der Waals surface area contributed by atoms with Crippen molar-refractivity contribution >= 4 is 23.5 Å². The minimum Gasteiger partial charge on any atom is -0.454 e. The number of benzene rings is 1. The Bertz CT molecular complexity index is 1020. The lowest BCUT2D eigenvalue weighted by Crippen LogP contribution is -2.28. The van der Waals surface area contributed by atoms with E-state index in [0.717, 1.165) is 34.9 Å². The first-order valence-electron chi connectivity index (χ1n) is 11.6. The number of fused-ring (bicyclic) bond motifs is 1. The molecule has 0 spiro atoms. The van der Waals surface area contributed by atoms with E-state index in [-0.39, 0.29) is 6.79 Å². The van der Waals surface area contributed by atoms with Gasteiger partial charge < -0.3 is 31.2 Å². The first-order chi connectivity index (χ1) is 17.1. The lowest BCUT2D eigenvalue weighted by atomic mass is 10.1. The Morgan fingerprint density at radius 2 is 1.86 bits per heavy atom. The van der Waals surface area contributed by atoms with Crippen LogP contribution in [0.2, 0.25) is 0 Å². The number of allylic oxidation sites excluding steroid dienone is 5. The highest BCUT2D eigenvalue weighted by atomic mass is 16.7. The van der Waals surface area contributed by atoms with Crippen LogP contribution in [0.1, 0.15) is 20.3 Å². The Balaban J connectivity index is 0.00000210. The van der Waals surface area contributed by atoms with Gasteiger partial charge in [0.2, 0.25) is 6.79 Å². The summed E-state index contributed by atoms with van der Waals surface area (Å²) in [6.45, 7) is 5.48. The Kier molecular flexibility index (Phi) is 11.7. The van der Waals surface area contributed by atoms with E-state index in [0.29, 0.717) is 18.9 Å². The lowest BCUT2D eigenvalue weighted by molar-refractivity contribution is 0.0974. The quantitative estimate of drug-likeness (QED) is 0.176. The molecule has 6 N–H and O–H groups in total. The van der Waals surface area contributed by atoms with Gasteiger partial charge in [0.05, 0.1) is 5.69 Å². The monoisotopic (exact) mass is 479 g/mol. The van der Waals surface area contributed by atoms with E-state index in [4.69, 9.17) is 20.9 Å². The zero-order chi connectivity index (χ0) is 25.5. The summed E-state index contributed by atoms with van der Waals surface area (Å²) in [5.41, 5.74) is 18.4. The third kappa shape index (κ3) is 9.05. The van der Waals surface area contributed by atoms with Crippen LogP contribution in [0, 0.1) is 0 Å². The number of hydrazone groups is 1. The van der Waals surface area contributed by atoms with Gasteiger partial charge in [-0.2, -0.15) is 5.10 Å². The van der Waals surface area contributed by atoms with Crippen LogP contribution >= 0.6 is 0 Å². The summed E-state index contributed by atoms with van der Waals surface area (Å²) in [6, 6.07) is 7.86. The highest BCUT2D eigenvalue weighted by Gasteiger charge is 2.17. The summed E-state index contributed by atoms with van der Waals surface area (Å²) in [5.74, 6) is 1.91. The average Bonchev–Trinajstić information content (AvgIpc) is 3.25. The predicted octanol–water partition coefficient (Wildman–Crippen LogP) is 3.39. The van der Waals surface area contributed by atoms with Gasteiger partial charge in [0.15, 0.2) is 11.5 Å². The van der Waals surface area contributed by atoms with E-state index >= 15 is 0 Å². The number of ether oxygens (including phenoxy) is 2. The van der Waals surface area contributed by atoms with Crippen LogP contribution in [0.25, 0.3) is 0 Å². The van der Waals surface area contributed by atoms with Gasteiger partial charge in [0.1, 0.15) is 12.2 Å². The van der Waals surface area contributed by atoms with E-state index in [1.165, 1.54) is 18.1 Å². The highest BCUT2D eigenvalue weighted by Crippen LogP contribution is 2.25. The molecule has 0 bridgehead atoms. The second-order valence-corrected chi connectivity index (χ2v) is 7.51. The molecule has 1 aliphatic carbocycles. The van der Waals surface area contributed by atoms with Gasteiger partial charge in [-0.25, -0.2) is 4.99 Å². The van der Waals surface area contributed by atoms with Crippen LogP contribution in [-0.4, -0.2) is 46.2 Å². The van der Waals surface area contributed by atoms with Crippen LogP contribution < -0.4 is 27.1 Å². The van der Waals surface area contributed by atoms with Crippen LogP contribution in [0.4, 0.5) is 11.4 Å². The number of nitrogens with two attached hydrogens (primary N) is 2. The lowest BCUT2D eigenvalue weighted by Gasteiger charge is -2.11. The summed E-state index contributed by atoms with van der Waals surface area (Å²) in [6.07, 6.45) is 13.3. The Morgan fingerprint density at radius 3 is 2.57 bits per heavy atom. The largest absolute Gasteiger partial charge is 0.454 e. The number of hydrogen-bond donors (Lipinski definition) is 4. The zero-order valence-corrected chi connectivity index (χ0v) is 21.0. The Hall–Kier alpha value is -3.98. The molecule has 1 fully saturated rings. The van der Waals surface area contributed by atoms with E-state index in [2.05, 4.69) is 20.8 Å². The van der Waals surface area contributed by atoms with Crippen molar-refractivity contribution in [3.8, 4) is 0 Å². The third-order valence-electron chi connectivity index (χ3n) is 4.92. The van der Waals surface area contributed by atoms with Gasteiger partial charge in [-0.05, 0) is 55.1 Å². The molecule has 0 amide bonds. The van der Waals surface area contributed by atoms with E-state index in [1.54, 1.807) is 6.08 Å². The van der Waals surface area contributed by atoms with Crippen molar-refractivity contribution in [2.75, 3.05) is 38.9 Å². The van der Waals surface area contributed by atoms with E-state index in [9.17, 15) is 0 Å². The number of amidine groups is 1. The van der Waals surface area contributed by atoms with Crippen LogP contribution in [0.3, 0.4) is 0 Å². The second kappa shape index (κ2) is 15.0. The number of hydrogen-bond acceptors (Lipinski definition) is 7. The van der Waals surface area contributed by atoms with Crippen LogP contribution in [0.5, 0.6) is 0 Å². The second-order valence-electron chi connectivity index (χ2n) is 7.51. The van der Waals surface area contributed by atoms with Crippen LogP contribution in [-0.2, 0) is 9.47 Å². The van der Waals surface area contributed by atoms with Crippen LogP contribution in [0.15, 0.2) is 93.6 Å². The predicted molar refractivity (Wildman–Crippen MR) is 145 cm³/mol. The first kappa shape index (κ1) is 27.3. The topological polar surface area (TPSA) is 123 Å². The first-order valence-corrected chi connectivity index (χ1v) is 11.6. The summed E-state index contributed by atoms with van der Waals surface area (Å²) >= 11 is 0. The molecule has 0 atom stereocenters. The summed E-state index contributed by atoms with van der Waals surface area (Å²) in [7, 11) is 3.99. The number of aliphatic imine (C=N–C) groups is 1. The van der Waals surface area contributed by atoms with E-state index in [1.807, 2.05) is 81.4 Å². The number of anilines is 1. The molecule has 1 heterocycles. The molecule has 2 aliphatic rings. The fourth-order valence-corrected chi connectivity index (χ4v) is 3.08. The SMILES string of the molecule is CC.CN(C)c1ccc(N=CN/N=C(N)/C(=C/C=C\N)CNCC2=CC=C3OCOC3=CC2)cc1. The normalized spacial score (nSPS) is 15.7. The Labute approximate surface area is 208 Å². The van der Waals surface area contributed by atoms with Crippen molar-refractivity contribution in [2.45, 2.75) is 20.3 Å². The molecule has 0 aromatic heterocycles. The number of nitrogens with one attached hydrogen (secondary N) is 2. The standard InChI is InChI=1S/C24H31N7O2.C2H6/c1-31(2)21-9-7-20(8-10-21)28-16-29-30-24(26)19(4-3-13-25)15-27-14-18-5-11-22-23(12-6-18)33-17-32-22;1-2/h3-5,7-13,16,27H,6,14-15,17,25H2,1-2H3,(H2,26,30)(H,28,29);1-2H3/b13-3-,19-4+;. The van der Waals surface area contributed by atoms with Crippen molar-refractivity contribution in [2.24, 2.45) is 21.6 Å². The number of nitrogens with zero attached hydrogens (tertiary/aromatic N) is 3. The molecule has 188 valence electrons. The van der Waals surface area contributed by atoms with Gasteiger partial charge in [-0.15, -0.1) is 0 Å². The maximum atomic E-state index is 6.17. The van der Waals surface area contributed by atoms with Gasteiger partial charge in [-0.1, -0.05) is 31.6 Å². The molecule has 35 heavy (non-hydrogen) atoms. The molecular weight excluding hydrogens is 442 g/mol. The maximum absolute atomic E-state index is 6.17. The average molecular weight is 480 g/mol. The molecule has 3 rings (SSSR count). The maximum Gasteiger partial charge on any atom is 0.231 e. The zero-order valence-electron chi connectivity index (χ0n) is 21.0. The minimum absolute atomic E-state index is 0.280. The fourth-order valence-electron chi connectivity index (χ4n) is 3.08. The highest BCUT2D eigenvalue weighted by molar-refractivity contribution is 5.97. The van der Waals surface area contributed by atoms with Gasteiger partial charge >= 0.3 is 0 Å². The fraction of sp³-hybridized carbons (Fsp3) is 0.308.